The highest BCUT2D eigenvalue weighted by molar-refractivity contribution is 7.15. The summed E-state index contributed by atoms with van der Waals surface area (Å²) in [6, 6.07) is 17.5. The first-order valence-corrected chi connectivity index (χ1v) is 12.6. The number of benzene rings is 2. The molecule has 1 aromatic heterocycles. The van der Waals surface area contributed by atoms with Crippen LogP contribution in [0.5, 0.6) is 0 Å². The normalized spacial score (nSPS) is 16.6. The summed E-state index contributed by atoms with van der Waals surface area (Å²) in [5.41, 5.74) is 1.71. The molecule has 1 atom stereocenters. The highest BCUT2D eigenvalue weighted by Crippen LogP contribution is 2.31. The Kier molecular flexibility index (Phi) is 7.92. The van der Waals surface area contributed by atoms with Crippen LogP contribution in [0.2, 0.25) is 0 Å². The van der Waals surface area contributed by atoms with Crippen molar-refractivity contribution >= 4 is 28.7 Å². The number of rotatable bonds is 7. The molecule has 1 saturated heterocycles. The fourth-order valence-corrected chi connectivity index (χ4v) is 5.37. The summed E-state index contributed by atoms with van der Waals surface area (Å²) >= 11 is 1.66. The fraction of sp³-hybridized carbons (Fsp3) is 0.333. The Morgan fingerprint density at radius 1 is 1.11 bits per heavy atom. The third-order valence-electron chi connectivity index (χ3n) is 6.10. The van der Waals surface area contributed by atoms with E-state index in [0.29, 0.717) is 16.5 Å². The predicted octanol–water partition coefficient (Wildman–Crippen LogP) is 5.51. The maximum absolute atomic E-state index is 13.4. The highest BCUT2D eigenvalue weighted by atomic mass is 32.1. The third kappa shape index (κ3) is 6.40. The van der Waals surface area contributed by atoms with E-state index in [2.05, 4.69) is 23.2 Å². The van der Waals surface area contributed by atoms with Crippen LogP contribution in [0.3, 0.4) is 0 Å². The van der Waals surface area contributed by atoms with Gasteiger partial charge in [0.15, 0.2) is 5.78 Å². The Bertz CT molecular complexity index is 1240. The number of halogens is 3. The smallest absolute Gasteiger partial charge is 0.312 e. The van der Waals surface area contributed by atoms with Gasteiger partial charge in [0.25, 0.3) is 0 Å². The lowest BCUT2D eigenvalue weighted by atomic mass is 10.1. The molecule has 1 aliphatic heterocycles. The molecule has 2 heterocycles. The van der Waals surface area contributed by atoms with Crippen LogP contribution in [0, 0.1) is 0 Å². The van der Waals surface area contributed by atoms with E-state index in [1.165, 1.54) is 36.1 Å². The van der Waals surface area contributed by atoms with Gasteiger partial charge < -0.3 is 10.2 Å². The molecule has 36 heavy (non-hydrogen) atoms. The van der Waals surface area contributed by atoms with Crippen LogP contribution < -0.4 is 10.2 Å². The van der Waals surface area contributed by atoms with Gasteiger partial charge in [-0.3, -0.25) is 14.5 Å². The van der Waals surface area contributed by atoms with E-state index in [4.69, 9.17) is 0 Å². The second kappa shape index (κ2) is 10.9. The topological polar surface area (TPSA) is 52.7 Å². The Labute approximate surface area is 212 Å². The maximum atomic E-state index is 13.4. The van der Waals surface area contributed by atoms with E-state index < -0.39 is 12.1 Å². The summed E-state index contributed by atoms with van der Waals surface area (Å²) in [4.78, 5) is 29.4. The Hall–Kier alpha value is -3.01. The molecule has 4 rings (SSSR count). The number of hydrogen-bond donors (Lipinski definition) is 1. The fourth-order valence-electron chi connectivity index (χ4n) is 4.33. The number of Topliss-reactive ketones (excluding diaryl/α,β-unsaturated/α-hetero) is 1. The zero-order valence-corrected chi connectivity index (χ0v) is 21.0. The summed E-state index contributed by atoms with van der Waals surface area (Å²) in [5, 5.41) is 3.43. The molecule has 190 valence electrons. The minimum absolute atomic E-state index is 0.0269. The van der Waals surface area contributed by atoms with Crippen molar-refractivity contribution in [2.24, 2.45) is 0 Å². The third-order valence-corrected chi connectivity index (χ3v) is 7.22. The van der Waals surface area contributed by atoms with Crippen molar-refractivity contribution < 1.29 is 22.8 Å². The molecule has 0 spiro atoms. The van der Waals surface area contributed by atoms with Gasteiger partial charge in [-0.25, -0.2) is 0 Å². The summed E-state index contributed by atoms with van der Waals surface area (Å²) in [7, 11) is 0. The second-order valence-corrected chi connectivity index (χ2v) is 10.2. The number of thiophene rings is 1. The van der Waals surface area contributed by atoms with Crippen molar-refractivity contribution in [3.05, 3.63) is 76.7 Å². The lowest BCUT2D eigenvalue weighted by Crippen LogP contribution is -2.48. The molecule has 1 fully saturated rings. The molecular formula is C27H28F3N3O2S. The maximum Gasteiger partial charge on any atom is 0.471 e. The lowest BCUT2D eigenvalue weighted by molar-refractivity contribution is -0.170. The van der Waals surface area contributed by atoms with E-state index in [1.807, 2.05) is 18.2 Å². The lowest BCUT2D eigenvalue weighted by Gasteiger charge is -2.31. The summed E-state index contributed by atoms with van der Waals surface area (Å²) in [6.45, 7) is 7.01. The van der Waals surface area contributed by atoms with Gasteiger partial charge >= 0.3 is 12.1 Å². The van der Waals surface area contributed by atoms with Crippen LogP contribution in [0.4, 0.5) is 18.9 Å². The monoisotopic (exact) mass is 515 g/mol. The van der Waals surface area contributed by atoms with Gasteiger partial charge in [0.2, 0.25) is 0 Å². The number of carbonyl (C=O) groups excluding carboxylic acids is 2. The van der Waals surface area contributed by atoms with E-state index in [-0.39, 0.29) is 23.6 Å². The largest absolute Gasteiger partial charge is 0.471 e. The predicted molar refractivity (Wildman–Crippen MR) is 136 cm³/mol. The number of anilines is 1. The molecule has 1 aliphatic rings. The molecule has 5 nitrogen and oxygen atoms in total. The highest BCUT2D eigenvalue weighted by Gasteiger charge is 2.43. The van der Waals surface area contributed by atoms with Crippen LogP contribution in [0.25, 0.3) is 10.4 Å². The Morgan fingerprint density at radius 2 is 1.89 bits per heavy atom. The summed E-state index contributed by atoms with van der Waals surface area (Å²) in [6.07, 6.45) is -5.05. The summed E-state index contributed by atoms with van der Waals surface area (Å²) in [5.74, 6) is -2.26. The number of carbonyl (C=O) groups is 2. The van der Waals surface area contributed by atoms with Gasteiger partial charge in [-0.2, -0.15) is 13.2 Å². The van der Waals surface area contributed by atoms with Crippen molar-refractivity contribution in [3.8, 4) is 10.4 Å². The van der Waals surface area contributed by atoms with Gasteiger partial charge in [0.1, 0.15) is 0 Å². The molecule has 1 amide bonds. The quantitative estimate of drug-likeness (QED) is 0.422. The van der Waals surface area contributed by atoms with Gasteiger partial charge in [0.05, 0.1) is 6.54 Å². The minimum atomic E-state index is -5.05. The van der Waals surface area contributed by atoms with Crippen molar-refractivity contribution in [1.29, 1.82) is 0 Å². The van der Waals surface area contributed by atoms with Crippen LogP contribution in [0.15, 0.2) is 60.7 Å². The van der Waals surface area contributed by atoms with E-state index in [9.17, 15) is 22.8 Å². The standard InChI is InChI=1S/C27H28F3N3O2S/c1-18-15-32(12-11-31-18)17-24-9-10-25(36-24)22-7-3-5-20(13-22)16-33(26(35)27(28,29)30)23-8-4-6-21(14-23)19(2)34/h3-10,13-14,18,31H,11-12,15-17H2,1-2H3/t18-/m0/s1. The van der Waals surface area contributed by atoms with Crippen molar-refractivity contribution in [1.82, 2.24) is 10.2 Å². The van der Waals surface area contributed by atoms with Gasteiger partial charge in [0, 0.05) is 53.2 Å². The number of alkyl halides is 3. The molecule has 0 radical (unpaired) electrons. The average Bonchev–Trinajstić information content (AvgIpc) is 3.30. The SMILES string of the molecule is CC(=O)c1cccc(N(Cc2cccc(-c3ccc(CN4CCN[C@@H](C)C4)s3)c2)C(=O)C(F)(F)F)c1. The number of nitrogens with one attached hydrogen (secondary N) is 1. The van der Waals surface area contributed by atoms with Gasteiger partial charge in [-0.15, -0.1) is 11.3 Å². The van der Waals surface area contributed by atoms with Crippen molar-refractivity contribution in [2.45, 2.75) is 39.2 Å². The minimum Gasteiger partial charge on any atom is -0.312 e. The van der Waals surface area contributed by atoms with Crippen molar-refractivity contribution in [3.63, 3.8) is 0 Å². The van der Waals surface area contributed by atoms with Crippen LogP contribution in [-0.4, -0.2) is 48.4 Å². The molecular weight excluding hydrogens is 487 g/mol. The van der Waals surface area contributed by atoms with Gasteiger partial charge in [-0.05, 0) is 55.3 Å². The van der Waals surface area contributed by atoms with E-state index in [0.717, 1.165) is 36.6 Å². The van der Waals surface area contributed by atoms with Crippen LogP contribution in [0.1, 0.15) is 34.6 Å². The van der Waals surface area contributed by atoms with Crippen LogP contribution in [-0.2, 0) is 17.9 Å². The zero-order valence-electron chi connectivity index (χ0n) is 20.1. The molecule has 3 aromatic rings. The number of amides is 1. The Morgan fingerprint density at radius 3 is 2.61 bits per heavy atom. The van der Waals surface area contributed by atoms with E-state index >= 15 is 0 Å². The summed E-state index contributed by atoms with van der Waals surface area (Å²) < 4.78 is 40.3. The van der Waals surface area contributed by atoms with Gasteiger partial charge in [-0.1, -0.05) is 30.3 Å². The first-order valence-electron chi connectivity index (χ1n) is 11.7. The molecule has 0 unspecified atom stereocenters. The molecule has 0 aliphatic carbocycles. The first-order chi connectivity index (χ1) is 17.1. The zero-order chi connectivity index (χ0) is 25.9. The molecule has 2 aromatic carbocycles. The Balaban J connectivity index is 1.56. The number of piperazine rings is 1. The molecule has 0 bridgehead atoms. The molecule has 0 saturated carbocycles. The number of hydrogen-bond acceptors (Lipinski definition) is 5. The number of nitrogens with zero attached hydrogens (tertiary/aromatic N) is 2. The second-order valence-electron chi connectivity index (χ2n) is 9.05. The molecule has 9 heteroatoms. The number of ketones is 1. The van der Waals surface area contributed by atoms with Crippen molar-refractivity contribution in [2.75, 3.05) is 24.5 Å². The van der Waals surface area contributed by atoms with Crippen LogP contribution >= 0.6 is 11.3 Å². The first kappa shape index (κ1) is 26.1. The average molecular weight is 516 g/mol. The molecule has 1 N–H and O–H groups in total. The van der Waals surface area contributed by atoms with E-state index in [1.54, 1.807) is 23.5 Å².